The molecule has 0 fully saturated rings. The molecule has 0 amide bonds. The summed E-state index contributed by atoms with van der Waals surface area (Å²) in [5.41, 5.74) is 0.331. The summed E-state index contributed by atoms with van der Waals surface area (Å²) in [6.07, 6.45) is 2.91. The van der Waals surface area contributed by atoms with Crippen LogP contribution < -0.4 is 0 Å². The zero-order chi connectivity index (χ0) is 10.9. The molecule has 0 aliphatic carbocycles. The van der Waals surface area contributed by atoms with E-state index in [2.05, 4.69) is 10.2 Å². The Morgan fingerprint density at radius 1 is 1.13 bits per heavy atom. The van der Waals surface area contributed by atoms with Crippen molar-refractivity contribution in [3.05, 3.63) is 36.7 Å². The topological polar surface area (TPSA) is 64.8 Å². The third-order valence-electron chi connectivity index (χ3n) is 1.76. The molecule has 5 nitrogen and oxygen atoms in total. The lowest BCUT2D eigenvalue weighted by molar-refractivity contribution is 0.607. The summed E-state index contributed by atoms with van der Waals surface area (Å²) in [6, 6.07) is 6.25. The first-order valence-corrected chi connectivity index (χ1v) is 6.30. The summed E-state index contributed by atoms with van der Waals surface area (Å²) in [5, 5.41) is 7.69. The van der Waals surface area contributed by atoms with Gasteiger partial charge in [-0.05, 0) is 12.1 Å². The van der Waals surface area contributed by atoms with E-state index in [1.165, 1.54) is 23.3 Å². The molecular formula is C8H6ClN3O2S. The smallest absolute Gasteiger partial charge is 0.207 e. The van der Waals surface area contributed by atoms with Gasteiger partial charge in [0.2, 0.25) is 0 Å². The molecule has 0 unspecified atom stereocenters. The van der Waals surface area contributed by atoms with Gasteiger partial charge in [0.15, 0.2) is 0 Å². The van der Waals surface area contributed by atoms with Crippen molar-refractivity contribution in [3.63, 3.8) is 0 Å². The van der Waals surface area contributed by atoms with Crippen LogP contribution in [0.4, 0.5) is 0 Å². The van der Waals surface area contributed by atoms with E-state index < -0.39 is 9.05 Å². The summed E-state index contributed by atoms with van der Waals surface area (Å²) in [5.74, 6) is 0. The second kappa shape index (κ2) is 3.63. The summed E-state index contributed by atoms with van der Waals surface area (Å²) < 4.78 is 22.5. The Bertz CT molecular complexity index is 565. The summed E-state index contributed by atoms with van der Waals surface area (Å²) >= 11 is 0. The molecule has 78 valence electrons. The maximum atomic E-state index is 11.2. The highest BCUT2D eigenvalue weighted by Gasteiger charge is 2.16. The zero-order valence-corrected chi connectivity index (χ0v) is 8.98. The minimum atomic E-state index is -3.79. The van der Waals surface area contributed by atoms with E-state index in [0.717, 1.165) is 0 Å². The maximum Gasteiger partial charge on any atom is 0.263 e. The van der Waals surface area contributed by atoms with Crippen molar-refractivity contribution in [1.29, 1.82) is 0 Å². The highest BCUT2D eigenvalue weighted by atomic mass is 35.7. The first-order valence-electron chi connectivity index (χ1n) is 3.99. The first-order chi connectivity index (χ1) is 7.09. The van der Waals surface area contributed by atoms with Crippen LogP contribution in [0.2, 0.25) is 0 Å². The van der Waals surface area contributed by atoms with Gasteiger partial charge in [0.05, 0.1) is 12.4 Å². The van der Waals surface area contributed by atoms with Crippen LogP contribution >= 0.6 is 10.7 Å². The van der Waals surface area contributed by atoms with Crippen LogP contribution in [0.25, 0.3) is 5.69 Å². The molecule has 0 spiro atoms. The third-order valence-corrected chi connectivity index (χ3v) is 3.13. The molecule has 0 radical (unpaired) electrons. The van der Waals surface area contributed by atoms with Gasteiger partial charge >= 0.3 is 0 Å². The number of aromatic nitrogens is 3. The fraction of sp³-hybridized carbons (Fsp3) is 0. The van der Waals surface area contributed by atoms with Crippen molar-refractivity contribution in [3.8, 4) is 5.69 Å². The van der Waals surface area contributed by atoms with Gasteiger partial charge in [0, 0.05) is 10.7 Å². The Morgan fingerprint density at radius 3 is 2.33 bits per heavy atom. The van der Waals surface area contributed by atoms with Gasteiger partial charge < -0.3 is 0 Å². The first kappa shape index (κ1) is 10.1. The second-order valence-electron chi connectivity index (χ2n) is 2.72. The van der Waals surface area contributed by atoms with Crippen LogP contribution in [0, 0.1) is 0 Å². The molecule has 7 heteroatoms. The predicted molar refractivity (Wildman–Crippen MR) is 54.4 cm³/mol. The summed E-state index contributed by atoms with van der Waals surface area (Å²) in [4.78, 5) is 1.19. The van der Waals surface area contributed by atoms with Gasteiger partial charge in [-0.1, -0.05) is 12.1 Å². The van der Waals surface area contributed by atoms with Crippen LogP contribution in [-0.2, 0) is 9.05 Å². The van der Waals surface area contributed by atoms with Crippen LogP contribution in [0.5, 0.6) is 0 Å². The van der Waals surface area contributed by atoms with E-state index in [9.17, 15) is 8.42 Å². The lowest BCUT2D eigenvalue weighted by atomic mass is 10.3. The molecule has 1 aromatic heterocycles. The van der Waals surface area contributed by atoms with Crippen molar-refractivity contribution in [1.82, 2.24) is 15.0 Å². The highest BCUT2D eigenvalue weighted by Crippen LogP contribution is 2.21. The number of nitrogens with zero attached hydrogens (tertiary/aromatic N) is 3. The largest absolute Gasteiger partial charge is 0.263 e. The average Bonchev–Trinajstić information content (AvgIpc) is 2.69. The molecule has 0 aliphatic rings. The minimum Gasteiger partial charge on any atom is -0.207 e. The van der Waals surface area contributed by atoms with Crippen LogP contribution in [0.3, 0.4) is 0 Å². The molecule has 1 heterocycles. The minimum absolute atomic E-state index is 0.0112. The van der Waals surface area contributed by atoms with Gasteiger partial charge in [-0.25, -0.2) is 8.42 Å². The number of rotatable bonds is 2. The lowest BCUT2D eigenvalue weighted by Crippen LogP contribution is -2.04. The van der Waals surface area contributed by atoms with E-state index in [-0.39, 0.29) is 4.90 Å². The third kappa shape index (κ3) is 2.00. The van der Waals surface area contributed by atoms with Gasteiger partial charge in [-0.3, -0.25) is 0 Å². The quantitative estimate of drug-likeness (QED) is 0.744. The Kier molecular flexibility index (Phi) is 2.45. The number of hydrogen-bond acceptors (Lipinski definition) is 4. The standard InChI is InChI=1S/C8H6ClN3O2S/c9-15(13,14)8-4-2-1-3-7(8)12-10-5-6-11-12/h1-6H. The lowest BCUT2D eigenvalue weighted by Gasteiger charge is -2.04. The number of para-hydroxylation sites is 1. The molecule has 0 N–H and O–H groups in total. The van der Waals surface area contributed by atoms with Crippen molar-refractivity contribution in [2.45, 2.75) is 4.90 Å². The van der Waals surface area contributed by atoms with Gasteiger partial charge in [-0.15, -0.1) is 0 Å². The monoisotopic (exact) mass is 243 g/mol. The van der Waals surface area contributed by atoms with Crippen molar-refractivity contribution in [2.75, 3.05) is 0 Å². The molecule has 2 aromatic rings. The Morgan fingerprint density at radius 2 is 1.73 bits per heavy atom. The summed E-state index contributed by atoms with van der Waals surface area (Å²) in [6.45, 7) is 0. The summed E-state index contributed by atoms with van der Waals surface area (Å²) in [7, 11) is 1.50. The van der Waals surface area contributed by atoms with Gasteiger partial charge in [0.25, 0.3) is 9.05 Å². The average molecular weight is 244 g/mol. The van der Waals surface area contributed by atoms with Gasteiger partial charge in [-0.2, -0.15) is 15.0 Å². The van der Waals surface area contributed by atoms with Crippen molar-refractivity contribution < 1.29 is 8.42 Å². The molecule has 0 bridgehead atoms. The molecule has 1 aromatic carbocycles. The Balaban J connectivity index is 2.68. The zero-order valence-electron chi connectivity index (χ0n) is 7.41. The fourth-order valence-corrected chi connectivity index (χ4v) is 2.20. The van der Waals surface area contributed by atoms with E-state index >= 15 is 0 Å². The highest BCUT2D eigenvalue weighted by molar-refractivity contribution is 8.13. The van der Waals surface area contributed by atoms with E-state index in [1.807, 2.05) is 0 Å². The normalized spacial score (nSPS) is 11.5. The fourth-order valence-electron chi connectivity index (χ4n) is 1.17. The molecule has 2 rings (SSSR count). The Labute approximate surface area is 90.7 Å². The van der Waals surface area contributed by atoms with E-state index in [4.69, 9.17) is 10.7 Å². The van der Waals surface area contributed by atoms with E-state index in [0.29, 0.717) is 5.69 Å². The van der Waals surface area contributed by atoms with E-state index in [1.54, 1.807) is 18.2 Å². The molecule has 0 saturated carbocycles. The molecular weight excluding hydrogens is 238 g/mol. The number of hydrogen-bond donors (Lipinski definition) is 0. The van der Waals surface area contributed by atoms with Crippen LogP contribution in [-0.4, -0.2) is 23.4 Å². The van der Waals surface area contributed by atoms with Crippen LogP contribution in [0.1, 0.15) is 0 Å². The maximum absolute atomic E-state index is 11.2. The van der Waals surface area contributed by atoms with Crippen molar-refractivity contribution >= 4 is 19.7 Å². The molecule has 15 heavy (non-hydrogen) atoms. The second-order valence-corrected chi connectivity index (χ2v) is 5.26. The van der Waals surface area contributed by atoms with Gasteiger partial charge in [0.1, 0.15) is 10.6 Å². The number of benzene rings is 1. The molecule has 0 atom stereocenters. The Hall–Kier alpha value is -1.40. The number of halogens is 1. The predicted octanol–water partition coefficient (Wildman–Crippen LogP) is 1.19. The SMILES string of the molecule is O=S(=O)(Cl)c1ccccc1-n1nccn1. The van der Waals surface area contributed by atoms with Crippen LogP contribution in [0.15, 0.2) is 41.6 Å². The van der Waals surface area contributed by atoms with Crippen molar-refractivity contribution in [2.24, 2.45) is 0 Å². The molecule has 0 saturated heterocycles. The molecule has 0 aliphatic heterocycles.